The maximum atomic E-state index is 13.7. The topological polar surface area (TPSA) is 68.9 Å². The highest BCUT2D eigenvalue weighted by Gasteiger charge is 2.21. The summed E-state index contributed by atoms with van der Waals surface area (Å²) >= 11 is 0. The summed E-state index contributed by atoms with van der Waals surface area (Å²) in [6, 6.07) is 23.0. The molecule has 0 saturated carbocycles. The van der Waals surface area contributed by atoms with E-state index >= 15 is 0 Å². The van der Waals surface area contributed by atoms with Gasteiger partial charge in [-0.05, 0) is 35.9 Å². The van der Waals surface area contributed by atoms with E-state index in [9.17, 15) is 14.0 Å². The van der Waals surface area contributed by atoms with E-state index in [-0.39, 0.29) is 23.8 Å². The van der Waals surface area contributed by atoms with Gasteiger partial charge in [0, 0.05) is 23.8 Å². The van der Waals surface area contributed by atoms with E-state index < -0.39 is 0 Å². The van der Waals surface area contributed by atoms with Gasteiger partial charge in [0.25, 0.3) is 5.56 Å². The Balaban J connectivity index is 1.54. The lowest BCUT2D eigenvalue weighted by atomic mass is 10.1. The number of benzene rings is 3. The highest BCUT2D eigenvalue weighted by molar-refractivity contribution is 5.94. The van der Waals surface area contributed by atoms with E-state index in [2.05, 4.69) is 10.4 Å². The van der Waals surface area contributed by atoms with E-state index in [1.54, 1.807) is 24.4 Å². The summed E-state index contributed by atoms with van der Waals surface area (Å²) < 4.78 is 16.8. The Morgan fingerprint density at radius 2 is 1.75 bits per heavy atom. The van der Waals surface area contributed by atoms with Crippen LogP contribution in [-0.2, 0) is 17.9 Å². The van der Waals surface area contributed by atoms with Crippen LogP contribution < -0.4 is 10.9 Å². The molecule has 0 fully saturated rings. The predicted molar refractivity (Wildman–Crippen MR) is 121 cm³/mol. The number of hydrogen-bond donors (Lipinski definition) is 1. The molecule has 1 amide bonds. The van der Waals surface area contributed by atoms with Crippen molar-refractivity contribution in [2.24, 2.45) is 0 Å². The first-order chi connectivity index (χ1) is 15.6. The molecule has 3 aromatic carbocycles. The zero-order valence-electron chi connectivity index (χ0n) is 17.0. The minimum Gasteiger partial charge on any atom is -0.342 e. The van der Waals surface area contributed by atoms with E-state index in [1.807, 2.05) is 53.1 Å². The molecular formula is C25H19FN4O2. The van der Waals surface area contributed by atoms with Gasteiger partial charge in [0.2, 0.25) is 5.91 Å². The first kappa shape index (κ1) is 19.7. The summed E-state index contributed by atoms with van der Waals surface area (Å²) in [5.74, 6) is -0.645. The Kier molecular flexibility index (Phi) is 4.99. The summed E-state index contributed by atoms with van der Waals surface area (Å²) in [7, 11) is 0. The SMILES string of the molecule is O=C(Cn1nc2c3ccccc3n(Cc3cccc(F)c3)cc-2c1=O)Nc1ccccc1. The summed E-state index contributed by atoms with van der Waals surface area (Å²) in [6.07, 6.45) is 1.73. The van der Waals surface area contributed by atoms with Crippen LogP contribution in [0.15, 0.2) is 89.9 Å². The van der Waals surface area contributed by atoms with Gasteiger partial charge in [0.1, 0.15) is 18.1 Å². The second kappa shape index (κ2) is 8.11. The summed E-state index contributed by atoms with van der Waals surface area (Å²) in [4.78, 5) is 25.5. The number of fused-ring (bicyclic) bond motifs is 3. The molecule has 0 atom stereocenters. The van der Waals surface area contributed by atoms with Gasteiger partial charge in [-0.15, -0.1) is 0 Å². The van der Waals surface area contributed by atoms with Gasteiger partial charge >= 0.3 is 0 Å². The molecule has 0 saturated heterocycles. The number of para-hydroxylation sites is 2. The van der Waals surface area contributed by atoms with Crippen LogP contribution in [0, 0.1) is 5.82 Å². The molecule has 2 aliphatic heterocycles. The average molecular weight is 426 g/mol. The molecule has 0 unspecified atom stereocenters. The Labute approximate surface area is 182 Å². The number of anilines is 1. The number of halogens is 1. The van der Waals surface area contributed by atoms with Crippen molar-refractivity contribution in [3.63, 3.8) is 0 Å². The minimum atomic E-state index is -0.345. The van der Waals surface area contributed by atoms with Crippen LogP contribution in [0.5, 0.6) is 0 Å². The Morgan fingerprint density at radius 1 is 0.969 bits per heavy atom. The first-order valence-corrected chi connectivity index (χ1v) is 10.2. The second-order valence-corrected chi connectivity index (χ2v) is 7.54. The summed E-state index contributed by atoms with van der Waals surface area (Å²) in [5.41, 5.74) is 2.90. The number of amides is 1. The van der Waals surface area contributed by atoms with Crippen molar-refractivity contribution in [2.75, 3.05) is 5.32 Å². The van der Waals surface area contributed by atoms with Crippen LogP contribution in [-0.4, -0.2) is 20.3 Å². The molecule has 2 heterocycles. The fourth-order valence-corrected chi connectivity index (χ4v) is 3.85. The third-order valence-electron chi connectivity index (χ3n) is 5.29. The average Bonchev–Trinajstić information content (AvgIpc) is 3.10. The number of nitrogens with zero attached hydrogens (tertiary/aromatic N) is 3. The van der Waals surface area contributed by atoms with Crippen LogP contribution in [0.4, 0.5) is 10.1 Å². The fraction of sp³-hybridized carbons (Fsp3) is 0.0800. The third kappa shape index (κ3) is 3.76. The molecule has 5 rings (SSSR count). The fourth-order valence-electron chi connectivity index (χ4n) is 3.85. The quantitative estimate of drug-likeness (QED) is 0.460. The van der Waals surface area contributed by atoms with E-state index in [0.29, 0.717) is 23.5 Å². The van der Waals surface area contributed by atoms with E-state index in [4.69, 9.17) is 0 Å². The normalized spacial score (nSPS) is 11.2. The molecule has 0 spiro atoms. The Bertz CT molecular complexity index is 1460. The summed E-state index contributed by atoms with van der Waals surface area (Å²) in [6.45, 7) is 0.202. The smallest absolute Gasteiger partial charge is 0.278 e. The number of pyridine rings is 1. The standard InChI is InChI=1S/C25H19FN4O2/c26-18-8-6-7-17(13-18)14-29-15-21-24(20-11-4-5-12-22(20)29)28-30(25(21)32)16-23(31)27-19-9-2-1-3-10-19/h1-13,15H,14,16H2,(H,27,31). The zero-order chi connectivity index (χ0) is 22.1. The highest BCUT2D eigenvalue weighted by atomic mass is 19.1. The first-order valence-electron chi connectivity index (χ1n) is 10.2. The maximum absolute atomic E-state index is 13.7. The lowest BCUT2D eigenvalue weighted by Crippen LogP contribution is -2.26. The van der Waals surface area contributed by atoms with Crippen LogP contribution in [0.25, 0.3) is 22.2 Å². The van der Waals surface area contributed by atoms with Crippen LogP contribution in [0.3, 0.4) is 0 Å². The molecule has 7 heteroatoms. The van der Waals surface area contributed by atoms with Crippen molar-refractivity contribution in [1.82, 2.24) is 14.3 Å². The van der Waals surface area contributed by atoms with Gasteiger partial charge in [-0.2, -0.15) is 5.10 Å². The van der Waals surface area contributed by atoms with E-state index in [0.717, 1.165) is 16.5 Å². The molecule has 158 valence electrons. The largest absolute Gasteiger partial charge is 0.342 e. The van der Waals surface area contributed by atoms with Crippen LogP contribution in [0.1, 0.15) is 5.56 Å². The van der Waals surface area contributed by atoms with Crippen molar-refractivity contribution >= 4 is 22.5 Å². The molecule has 0 aromatic heterocycles. The highest BCUT2D eigenvalue weighted by Crippen LogP contribution is 2.28. The lowest BCUT2D eigenvalue weighted by Gasteiger charge is -2.14. The Hall–Kier alpha value is -4.26. The zero-order valence-corrected chi connectivity index (χ0v) is 17.0. The molecule has 0 radical (unpaired) electrons. The number of aromatic nitrogens is 3. The third-order valence-corrected chi connectivity index (χ3v) is 5.29. The Morgan fingerprint density at radius 3 is 2.56 bits per heavy atom. The van der Waals surface area contributed by atoms with E-state index in [1.165, 1.54) is 16.8 Å². The van der Waals surface area contributed by atoms with Crippen molar-refractivity contribution < 1.29 is 9.18 Å². The number of carbonyl (C=O) groups excluding carboxylic acids is 1. The van der Waals surface area contributed by atoms with Crippen molar-refractivity contribution in [3.05, 3.63) is 107 Å². The maximum Gasteiger partial charge on any atom is 0.278 e. The van der Waals surface area contributed by atoms with Crippen molar-refractivity contribution in [3.8, 4) is 11.3 Å². The number of hydrogen-bond acceptors (Lipinski definition) is 3. The van der Waals surface area contributed by atoms with Crippen molar-refractivity contribution in [2.45, 2.75) is 13.1 Å². The molecule has 32 heavy (non-hydrogen) atoms. The van der Waals surface area contributed by atoms with Crippen LogP contribution in [0.2, 0.25) is 0 Å². The number of rotatable bonds is 5. The second-order valence-electron chi connectivity index (χ2n) is 7.54. The monoisotopic (exact) mass is 426 g/mol. The molecule has 0 aliphatic carbocycles. The number of nitrogens with one attached hydrogen (secondary N) is 1. The lowest BCUT2D eigenvalue weighted by molar-refractivity contribution is -0.116. The minimum absolute atomic E-state index is 0.194. The molecule has 0 bridgehead atoms. The van der Waals surface area contributed by atoms with Crippen molar-refractivity contribution in [1.29, 1.82) is 0 Å². The predicted octanol–water partition coefficient (Wildman–Crippen LogP) is 4.13. The van der Waals surface area contributed by atoms with Gasteiger partial charge < -0.3 is 9.88 Å². The molecule has 1 N–H and O–H groups in total. The summed E-state index contributed by atoms with van der Waals surface area (Å²) in [5, 5.41) is 8.02. The molecule has 2 aliphatic rings. The molecule has 3 aromatic rings. The van der Waals surface area contributed by atoms with Gasteiger partial charge in [0.15, 0.2) is 0 Å². The van der Waals surface area contributed by atoms with Gasteiger partial charge in [-0.1, -0.05) is 48.5 Å². The van der Waals surface area contributed by atoms with Crippen LogP contribution >= 0.6 is 0 Å². The number of carbonyl (C=O) groups is 1. The van der Waals surface area contributed by atoms with Gasteiger partial charge in [0.05, 0.1) is 11.1 Å². The van der Waals surface area contributed by atoms with Gasteiger partial charge in [-0.25, -0.2) is 9.07 Å². The molecule has 6 nitrogen and oxygen atoms in total. The molecular weight excluding hydrogens is 407 g/mol. The van der Waals surface area contributed by atoms with Gasteiger partial charge in [-0.3, -0.25) is 9.59 Å².